The highest BCUT2D eigenvalue weighted by Gasteiger charge is 2.31. The molecule has 1 aromatic carbocycles. The molecule has 0 amide bonds. The van der Waals surface area contributed by atoms with Gasteiger partial charge in [-0.25, -0.2) is 9.78 Å². The minimum Gasteiger partial charge on any atom is -0.470 e. The average Bonchev–Trinajstić information content (AvgIpc) is 3.64. The first-order valence-corrected chi connectivity index (χ1v) is 12.5. The van der Waals surface area contributed by atoms with Crippen LogP contribution < -0.4 is 20.9 Å². The number of imidazole rings is 1. The third kappa shape index (κ3) is 4.79. The number of rotatable bonds is 8. The van der Waals surface area contributed by atoms with Gasteiger partial charge in [0.25, 0.3) is 11.4 Å². The Hall–Kier alpha value is -4.03. The van der Waals surface area contributed by atoms with Crippen molar-refractivity contribution in [1.82, 2.24) is 24.3 Å². The normalized spacial score (nSPS) is 16.0. The van der Waals surface area contributed by atoms with Crippen molar-refractivity contribution in [2.24, 2.45) is 0 Å². The first-order valence-electron chi connectivity index (χ1n) is 12.5. The number of alkyl halides is 3. The van der Waals surface area contributed by atoms with Gasteiger partial charge in [-0.3, -0.25) is 13.9 Å². The number of hydrogen-bond donors (Lipinski definition) is 1. The van der Waals surface area contributed by atoms with Gasteiger partial charge in [-0.05, 0) is 42.3 Å². The molecule has 4 aromatic rings. The zero-order valence-corrected chi connectivity index (χ0v) is 20.9. The number of H-pyrrole nitrogens is 1. The number of fused-ring (bicyclic) bond motifs is 1. The molecule has 0 bridgehead atoms. The van der Waals surface area contributed by atoms with Crippen LogP contribution in [0.2, 0.25) is 0 Å². The van der Waals surface area contributed by atoms with Crippen molar-refractivity contribution in [1.29, 1.82) is 0 Å². The van der Waals surface area contributed by atoms with Gasteiger partial charge in [-0.1, -0.05) is 13.8 Å². The van der Waals surface area contributed by atoms with Crippen LogP contribution in [0.4, 0.5) is 18.9 Å². The zero-order valence-electron chi connectivity index (χ0n) is 20.9. The summed E-state index contributed by atoms with van der Waals surface area (Å²) in [6.45, 7) is 5.62. The number of benzene rings is 1. The first kappa shape index (κ1) is 25.6. The predicted octanol–water partition coefficient (Wildman–Crippen LogP) is 4.04. The number of halogens is 3. The summed E-state index contributed by atoms with van der Waals surface area (Å²) in [4.78, 5) is 35.2. The Bertz CT molecular complexity index is 1550. The van der Waals surface area contributed by atoms with Crippen LogP contribution in [0.3, 0.4) is 0 Å². The van der Waals surface area contributed by atoms with E-state index in [2.05, 4.69) is 15.1 Å². The molecule has 3 aromatic heterocycles. The second kappa shape index (κ2) is 10.0. The lowest BCUT2D eigenvalue weighted by Gasteiger charge is -2.19. The molecule has 10 nitrogen and oxygen atoms in total. The maximum atomic E-state index is 12.9. The maximum absolute atomic E-state index is 12.9. The Morgan fingerprint density at radius 3 is 2.50 bits per heavy atom. The quantitative estimate of drug-likeness (QED) is 0.365. The molecule has 0 radical (unpaired) electrons. The van der Waals surface area contributed by atoms with E-state index in [1.54, 1.807) is 6.07 Å². The van der Waals surface area contributed by atoms with Crippen molar-refractivity contribution in [3.05, 3.63) is 56.7 Å². The van der Waals surface area contributed by atoms with Crippen molar-refractivity contribution < 1.29 is 22.4 Å². The van der Waals surface area contributed by atoms with E-state index in [1.807, 2.05) is 18.7 Å². The summed E-state index contributed by atoms with van der Waals surface area (Å²) < 4.78 is 52.6. The predicted molar refractivity (Wildman–Crippen MR) is 133 cm³/mol. The van der Waals surface area contributed by atoms with Crippen molar-refractivity contribution in [3.8, 4) is 17.5 Å². The molecular formula is C25H27F3N6O4. The number of aromatic amines is 1. The number of ether oxygens (including phenoxy) is 1. The smallest absolute Gasteiger partial charge is 0.416 e. The lowest BCUT2D eigenvalue weighted by atomic mass is 10.2. The highest BCUT2D eigenvalue weighted by atomic mass is 19.4. The van der Waals surface area contributed by atoms with E-state index in [9.17, 15) is 22.8 Å². The van der Waals surface area contributed by atoms with Gasteiger partial charge in [-0.15, -0.1) is 0 Å². The molecule has 1 unspecified atom stereocenters. The molecule has 38 heavy (non-hydrogen) atoms. The van der Waals surface area contributed by atoms with Crippen LogP contribution in [-0.2, 0) is 19.3 Å². The summed E-state index contributed by atoms with van der Waals surface area (Å²) in [6.07, 6.45) is -2.66. The summed E-state index contributed by atoms with van der Waals surface area (Å²) in [6, 6.07) is 6.59. The van der Waals surface area contributed by atoms with E-state index in [4.69, 9.17) is 9.26 Å². The van der Waals surface area contributed by atoms with Crippen molar-refractivity contribution in [3.63, 3.8) is 0 Å². The zero-order chi connectivity index (χ0) is 27.0. The average molecular weight is 533 g/mol. The largest absolute Gasteiger partial charge is 0.470 e. The number of aryl methyl sites for hydroxylation is 1. The van der Waals surface area contributed by atoms with Crippen LogP contribution in [0, 0.1) is 0 Å². The molecule has 4 heterocycles. The van der Waals surface area contributed by atoms with Crippen LogP contribution in [-0.4, -0.2) is 43.5 Å². The molecule has 0 spiro atoms. The van der Waals surface area contributed by atoms with Crippen LogP contribution in [0.15, 0.2) is 44.4 Å². The summed E-state index contributed by atoms with van der Waals surface area (Å²) >= 11 is 0. The number of nitrogens with one attached hydrogen (secondary N) is 1. The Labute approximate surface area is 214 Å². The number of nitrogens with zero attached hydrogens (tertiary/aromatic N) is 5. The number of hydrogen-bond acceptors (Lipinski definition) is 7. The number of aromatic nitrogens is 5. The van der Waals surface area contributed by atoms with E-state index in [0.29, 0.717) is 51.1 Å². The third-order valence-electron chi connectivity index (χ3n) is 6.47. The minimum atomic E-state index is -4.38. The SMILES string of the molecule is CCCn1c(=O)c2[nH]c(-c3cc(OC4CCN(c5ccc(C(F)(F)F)cc5)C4)no3)nc2n(CCC)c1=O. The maximum Gasteiger partial charge on any atom is 0.416 e. The second-order valence-electron chi connectivity index (χ2n) is 9.22. The van der Waals surface area contributed by atoms with Gasteiger partial charge in [0.1, 0.15) is 6.10 Å². The summed E-state index contributed by atoms with van der Waals surface area (Å²) in [5.74, 6) is 0.704. The molecule has 1 aliphatic rings. The highest BCUT2D eigenvalue weighted by Crippen LogP contribution is 2.32. The molecule has 202 valence electrons. The van der Waals surface area contributed by atoms with Gasteiger partial charge in [0.15, 0.2) is 17.0 Å². The molecule has 1 N–H and O–H groups in total. The molecule has 1 aliphatic heterocycles. The first-order chi connectivity index (χ1) is 18.2. The van der Waals surface area contributed by atoms with E-state index in [0.717, 1.165) is 12.1 Å². The van der Waals surface area contributed by atoms with Gasteiger partial charge in [-0.2, -0.15) is 13.2 Å². The lowest BCUT2D eigenvalue weighted by Crippen LogP contribution is -2.40. The molecule has 0 aliphatic carbocycles. The Morgan fingerprint density at radius 2 is 1.82 bits per heavy atom. The molecule has 5 rings (SSSR count). The van der Waals surface area contributed by atoms with Gasteiger partial charge < -0.3 is 19.1 Å². The van der Waals surface area contributed by atoms with Crippen LogP contribution in [0.25, 0.3) is 22.7 Å². The van der Waals surface area contributed by atoms with Crippen molar-refractivity contribution >= 4 is 16.9 Å². The van der Waals surface area contributed by atoms with Gasteiger partial charge in [0.05, 0.1) is 18.2 Å². The van der Waals surface area contributed by atoms with E-state index in [-0.39, 0.29) is 34.7 Å². The minimum absolute atomic E-state index is 0.211. The monoisotopic (exact) mass is 532 g/mol. The van der Waals surface area contributed by atoms with E-state index >= 15 is 0 Å². The molecule has 1 atom stereocenters. The van der Waals surface area contributed by atoms with Crippen molar-refractivity contribution in [2.75, 3.05) is 18.0 Å². The van der Waals surface area contributed by atoms with E-state index in [1.165, 1.54) is 21.3 Å². The van der Waals surface area contributed by atoms with Crippen LogP contribution in [0.1, 0.15) is 38.7 Å². The fourth-order valence-electron chi connectivity index (χ4n) is 4.65. The molecule has 1 fully saturated rings. The van der Waals surface area contributed by atoms with E-state index < -0.39 is 23.0 Å². The Morgan fingerprint density at radius 1 is 1.11 bits per heavy atom. The lowest BCUT2D eigenvalue weighted by molar-refractivity contribution is -0.137. The van der Waals surface area contributed by atoms with Gasteiger partial charge in [0, 0.05) is 31.7 Å². The summed E-state index contributed by atoms with van der Waals surface area (Å²) in [7, 11) is 0. The Balaban J connectivity index is 1.33. The third-order valence-corrected chi connectivity index (χ3v) is 6.47. The van der Waals surface area contributed by atoms with Crippen LogP contribution >= 0.6 is 0 Å². The Kier molecular flexibility index (Phi) is 6.76. The molecule has 0 saturated carbocycles. The topological polar surface area (TPSA) is 111 Å². The highest BCUT2D eigenvalue weighted by molar-refractivity contribution is 5.74. The summed E-state index contributed by atoms with van der Waals surface area (Å²) in [5.41, 5.74) is -0.383. The van der Waals surface area contributed by atoms with Gasteiger partial charge in [0.2, 0.25) is 5.76 Å². The van der Waals surface area contributed by atoms with Crippen molar-refractivity contribution in [2.45, 2.75) is 58.5 Å². The fourth-order valence-corrected chi connectivity index (χ4v) is 4.65. The van der Waals surface area contributed by atoms with Gasteiger partial charge >= 0.3 is 11.9 Å². The number of anilines is 1. The molecule has 13 heteroatoms. The van der Waals surface area contributed by atoms with Crippen LogP contribution in [0.5, 0.6) is 5.88 Å². The fraction of sp³-hybridized carbons (Fsp3) is 0.440. The standard InChI is InChI=1S/C25H27F3N6O4/c1-3-10-33-22-20(23(35)34(11-4-2)24(33)36)29-21(30-22)18-13-19(31-38-18)37-17-9-12-32(14-17)16-7-5-15(6-8-16)25(26,27)28/h5-8,13,17H,3-4,9-12,14H2,1-2H3,(H,29,30). The molecule has 1 saturated heterocycles. The second-order valence-corrected chi connectivity index (χ2v) is 9.22. The molecular weight excluding hydrogens is 505 g/mol. The summed E-state index contributed by atoms with van der Waals surface area (Å²) in [5, 5.41) is 3.96.